The van der Waals surface area contributed by atoms with Crippen LogP contribution in [0.4, 0.5) is 0 Å². The summed E-state index contributed by atoms with van der Waals surface area (Å²) in [5.74, 6) is -0.143. The molecule has 1 aliphatic carbocycles. The molecule has 1 saturated carbocycles. The maximum atomic E-state index is 13.2. The van der Waals surface area contributed by atoms with Gasteiger partial charge in [-0.15, -0.1) is 0 Å². The SMILES string of the molecule is CCc1ccc(Oc2ccc(Br)cc2Cl)cc1C1C(=O)[C@@H]2[C@H](C1=O)[C@H]1CC[C@@H]2O1. The van der Waals surface area contributed by atoms with Gasteiger partial charge in [-0.05, 0) is 60.7 Å². The molecule has 0 radical (unpaired) electrons. The summed E-state index contributed by atoms with van der Waals surface area (Å²) < 4.78 is 12.7. The molecule has 2 saturated heterocycles. The van der Waals surface area contributed by atoms with Crippen LogP contribution in [-0.2, 0) is 20.7 Å². The molecule has 150 valence electrons. The summed E-state index contributed by atoms with van der Waals surface area (Å²) in [4.78, 5) is 26.5. The number of aryl methyl sites for hydroxylation is 1. The first-order valence-electron chi connectivity index (χ1n) is 9.96. The quantitative estimate of drug-likeness (QED) is 0.549. The number of halogens is 2. The summed E-state index contributed by atoms with van der Waals surface area (Å²) in [5.41, 5.74) is 1.77. The normalized spacial score (nSPS) is 30.1. The summed E-state index contributed by atoms with van der Waals surface area (Å²) in [6, 6.07) is 11.0. The molecule has 2 aromatic carbocycles. The van der Waals surface area contributed by atoms with Gasteiger partial charge in [-0.25, -0.2) is 0 Å². The average molecular weight is 476 g/mol. The second kappa shape index (κ2) is 7.22. The zero-order chi connectivity index (χ0) is 20.3. The standard InChI is InChI=1S/C23H20BrClO4/c1-2-11-3-5-13(28-16-6-4-12(24)9-15(16)25)10-14(11)19-22(26)20-17-7-8-18(29-17)21(20)23(19)27/h3-6,9-10,17-21H,2,7-8H2,1H3/t17-,18+,19?,20-,21+. The van der Waals surface area contributed by atoms with E-state index >= 15 is 0 Å². The molecule has 4 nitrogen and oxygen atoms in total. The van der Waals surface area contributed by atoms with Crippen molar-refractivity contribution in [1.29, 1.82) is 0 Å². The van der Waals surface area contributed by atoms with Crippen molar-refractivity contribution in [3.05, 3.63) is 57.0 Å². The van der Waals surface area contributed by atoms with Gasteiger partial charge in [-0.3, -0.25) is 9.59 Å². The van der Waals surface area contributed by atoms with Gasteiger partial charge in [-0.1, -0.05) is 40.5 Å². The zero-order valence-corrected chi connectivity index (χ0v) is 18.2. The van der Waals surface area contributed by atoms with Crippen LogP contribution in [0.5, 0.6) is 11.5 Å². The van der Waals surface area contributed by atoms with Crippen LogP contribution < -0.4 is 4.74 Å². The maximum absolute atomic E-state index is 13.2. The number of ketones is 2. The maximum Gasteiger partial charge on any atom is 0.154 e. The lowest BCUT2D eigenvalue weighted by atomic mass is 9.81. The topological polar surface area (TPSA) is 52.6 Å². The lowest BCUT2D eigenvalue weighted by Crippen LogP contribution is -2.29. The first-order chi connectivity index (χ1) is 14.0. The molecule has 2 heterocycles. The van der Waals surface area contributed by atoms with Crippen molar-refractivity contribution in [2.24, 2.45) is 11.8 Å². The van der Waals surface area contributed by atoms with Gasteiger partial charge in [0, 0.05) is 4.47 Å². The highest BCUT2D eigenvalue weighted by atomic mass is 79.9. The lowest BCUT2D eigenvalue weighted by Gasteiger charge is -2.17. The molecule has 3 fully saturated rings. The smallest absolute Gasteiger partial charge is 0.154 e. The first kappa shape index (κ1) is 19.3. The largest absolute Gasteiger partial charge is 0.456 e. The third-order valence-corrected chi connectivity index (χ3v) is 7.22. The van der Waals surface area contributed by atoms with Crippen LogP contribution in [0.25, 0.3) is 0 Å². The Labute approximate surface area is 182 Å². The minimum absolute atomic E-state index is 0.0146. The van der Waals surface area contributed by atoms with Gasteiger partial charge in [0.2, 0.25) is 0 Å². The van der Waals surface area contributed by atoms with E-state index in [2.05, 4.69) is 15.9 Å². The fourth-order valence-electron chi connectivity index (χ4n) is 5.14. The van der Waals surface area contributed by atoms with Gasteiger partial charge in [0.1, 0.15) is 17.4 Å². The molecule has 29 heavy (non-hydrogen) atoms. The molecule has 6 heteroatoms. The number of carbonyl (C=O) groups is 2. The van der Waals surface area contributed by atoms with Crippen LogP contribution in [0.15, 0.2) is 40.9 Å². The Hall–Kier alpha value is -1.69. The third kappa shape index (κ3) is 3.06. The number of benzene rings is 2. The fraction of sp³-hybridized carbons (Fsp3) is 0.391. The summed E-state index contributed by atoms with van der Waals surface area (Å²) in [5, 5.41) is 0.483. The van der Waals surface area contributed by atoms with Crippen molar-refractivity contribution in [1.82, 2.24) is 0 Å². The number of hydrogen-bond donors (Lipinski definition) is 0. The molecule has 0 amide bonds. The third-order valence-electron chi connectivity index (χ3n) is 6.43. The van der Waals surface area contributed by atoms with Crippen molar-refractivity contribution in [3.8, 4) is 11.5 Å². The number of hydrogen-bond acceptors (Lipinski definition) is 4. The predicted molar refractivity (Wildman–Crippen MR) is 113 cm³/mol. The van der Waals surface area contributed by atoms with Crippen LogP contribution in [-0.4, -0.2) is 23.8 Å². The van der Waals surface area contributed by atoms with E-state index in [0.717, 1.165) is 34.9 Å². The Morgan fingerprint density at radius 3 is 2.38 bits per heavy atom. The van der Waals surface area contributed by atoms with Crippen molar-refractivity contribution in [2.45, 2.75) is 44.3 Å². The number of carbonyl (C=O) groups excluding carboxylic acids is 2. The molecule has 1 unspecified atom stereocenters. The van der Waals surface area contributed by atoms with Gasteiger partial charge >= 0.3 is 0 Å². The Kier molecular flexibility index (Phi) is 4.80. The second-order valence-electron chi connectivity index (χ2n) is 7.97. The van der Waals surface area contributed by atoms with Crippen molar-refractivity contribution in [2.75, 3.05) is 0 Å². The minimum atomic E-state index is -0.712. The van der Waals surface area contributed by atoms with Crippen molar-refractivity contribution in [3.63, 3.8) is 0 Å². The van der Waals surface area contributed by atoms with E-state index in [1.165, 1.54) is 0 Å². The highest BCUT2D eigenvalue weighted by Crippen LogP contribution is 2.52. The Morgan fingerprint density at radius 2 is 1.76 bits per heavy atom. The molecule has 0 N–H and O–H groups in total. The number of fused-ring (bicyclic) bond motifs is 5. The molecule has 2 bridgehead atoms. The molecule has 0 aromatic heterocycles. The number of Topliss-reactive ketones (excluding diaryl/α,β-unsaturated/α-hetero) is 2. The molecular formula is C23H20BrClO4. The van der Waals surface area contributed by atoms with Crippen LogP contribution in [0.1, 0.15) is 36.8 Å². The van der Waals surface area contributed by atoms with Crippen LogP contribution in [0.3, 0.4) is 0 Å². The summed E-state index contributed by atoms with van der Waals surface area (Å²) in [6.45, 7) is 2.03. The van der Waals surface area contributed by atoms with Crippen LogP contribution in [0, 0.1) is 11.8 Å². The van der Waals surface area contributed by atoms with Gasteiger partial charge in [0.15, 0.2) is 11.6 Å². The molecule has 0 spiro atoms. The minimum Gasteiger partial charge on any atom is -0.456 e. The average Bonchev–Trinajstić information content (AvgIpc) is 3.38. The van der Waals surface area contributed by atoms with E-state index in [9.17, 15) is 9.59 Å². The molecule has 2 aliphatic heterocycles. The predicted octanol–water partition coefficient (Wildman–Crippen LogP) is 5.49. The molecule has 2 aromatic rings. The molecule has 3 aliphatic rings. The highest BCUT2D eigenvalue weighted by Gasteiger charge is 2.63. The monoisotopic (exact) mass is 474 g/mol. The Balaban J connectivity index is 1.50. The Bertz CT molecular complexity index is 992. The summed E-state index contributed by atoms with van der Waals surface area (Å²) >= 11 is 9.66. The van der Waals surface area contributed by atoms with Gasteiger partial charge in [0.25, 0.3) is 0 Å². The van der Waals surface area contributed by atoms with E-state index in [1.807, 2.05) is 31.2 Å². The van der Waals surface area contributed by atoms with Gasteiger partial charge in [-0.2, -0.15) is 0 Å². The molecule has 5 atom stereocenters. The fourth-order valence-corrected chi connectivity index (χ4v) is 5.86. The highest BCUT2D eigenvalue weighted by molar-refractivity contribution is 9.10. The molecule has 5 rings (SSSR count). The zero-order valence-electron chi connectivity index (χ0n) is 15.9. The van der Waals surface area contributed by atoms with E-state index in [1.54, 1.807) is 12.1 Å². The summed E-state index contributed by atoms with van der Waals surface area (Å²) in [7, 11) is 0. The first-order valence-corrected chi connectivity index (χ1v) is 11.1. The van der Waals surface area contributed by atoms with Crippen LogP contribution >= 0.6 is 27.5 Å². The van der Waals surface area contributed by atoms with Crippen LogP contribution in [0.2, 0.25) is 5.02 Å². The molecular weight excluding hydrogens is 456 g/mol. The number of ether oxygens (including phenoxy) is 2. The van der Waals surface area contributed by atoms with E-state index < -0.39 is 5.92 Å². The van der Waals surface area contributed by atoms with Crippen molar-refractivity contribution < 1.29 is 19.1 Å². The van der Waals surface area contributed by atoms with E-state index in [4.69, 9.17) is 21.1 Å². The van der Waals surface area contributed by atoms with Gasteiger partial charge < -0.3 is 9.47 Å². The Morgan fingerprint density at radius 1 is 1.07 bits per heavy atom. The van der Waals surface area contributed by atoms with Gasteiger partial charge in [0.05, 0.1) is 29.1 Å². The van der Waals surface area contributed by atoms with Crippen molar-refractivity contribution >= 4 is 39.1 Å². The van der Waals surface area contributed by atoms with E-state index in [0.29, 0.717) is 16.5 Å². The second-order valence-corrected chi connectivity index (χ2v) is 9.29. The number of rotatable bonds is 4. The van der Waals surface area contributed by atoms with E-state index in [-0.39, 0.29) is 35.6 Å². The summed E-state index contributed by atoms with van der Waals surface area (Å²) in [6.07, 6.45) is 2.33. The lowest BCUT2D eigenvalue weighted by molar-refractivity contribution is -0.127.